The second-order valence-corrected chi connectivity index (χ2v) is 6.89. The molecule has 2 atom stereocenters. The fraction of sp³-hybridized carbons (Fsp3) is 0.812. The molecule has 1 heterocycles. The maximum atomic E-state index is 12.4. The lowest BCUT2D eigenvalue weighted by Crippen LogP contribution is -2.71. The first-order chi connectivity index (χ1) is 10.5. The van der Waals surface area contributed by atoms with Crippen molar-refractivity contribution in [2.75, 3.05) is 13.2 Å². The van der Waals surface area contributed by atoms with Crippen LogP contribution in [-0.2, 0) is 23.9 Å². The summed E-state index contributed by atoms with van der Waals surface area (Å²) < 4.78 is 10.1. The molecule has 0 bridgehead atoms. The van der Waals surface area contributed by atoms with Crippen molar-refractivity contribution in [1.82, 2.24) is 5.32 Å². The number of carbonyl (C=O) groups excluding carboxylic acids is 2. The van der Waals surface area contributed by atoms with E-state index >= 15 is 0 Å². The maximum absolute atomic E-state index is 12.4. The van der Waals surface area contributed by atoms with Gasteiger partial charge in [-0.15, -0.1) is 0 Å². The van der Waals surface area contributed by atoms with E-state index in [1.165, 1.54) is 0 Å². The number of ether oxygens (including phenoxy) is 2. The van der Waals surface area contributed by atoms with E-state index in [0.29, 0.717) is 0 Å². The van der Waals surface area contributed by atoms with Gasteiger partial charge in [-0.2, -0.15) is 0 Å². The van der Waals surface area contributed by atoms with Crippen LogP contribution in [0, 0.1) is 17.8 Å². The van der Waals surface area contributed by atoms with Gasteiger partial charge in [0.25, 0.3) is 0 Å². The monoisotopic (exact) mass is 329 g/mol. The van der Waals surface area contributed by atoms with Gasteiger partial charge < -0.3 is 19.9 Å². The largest absolute Gasteiger partial charge is 0.481 e. The first-order valence-corrected chi connectivity index (χ1v) is 7.85. The summed E-state index contributed by atoms with van der Waals surface area (Å²) in [4.78, 5) is 36.7. The molecule has 7 heteroatoms. The summed E-state index contributed by atoms with van der Waals surface area (Å²) in [6.45, 7) is 10.6. The van der Waals surface area contributed by atoms with Crippen molar-refractivity contribution < 1.29 is 29.0 Å². The lowest BCUT2D eigenvalue weighted by Gasteiger charge is -2.52. The van der Waals surface area contributed by atoms with Crippen LogP contribution in [0.2, 0.25) is 0 Å². The minimum Gasteiger partial charge on any atom is -0.481 e. The summed E-state index contributed by atoms with van der Waals surface area (Å²) in [7, 11) is 0. The van der Waals surface area contributed by atoms with Crippen LogP contribution in [0.3, 0.4) is 0 Å². The molecule has 23 heavy (non-hydrogen) atoms. The van der Waals surface area contributed by atoms with Crippen LogP contribution in [-0.4, -0.2) is 47.3 Å². The number of aliphatic carboxylic acids is 1. The Hall–Kier alpha value is -1.63. The van der Waals surface area contributed by atoms with Gasteiger partial charge in [0, 0.05) is 11.1 Å². The minimum absolute atomic E-state index is 0.144. The van der Waals surface area contributed by atoms with Crippen molar-refractivity contribution in [3.63, 3.8) is 0 Å². The molecule has 0 radical (unpaired) electrons. The summed E-state index contributed by atoms with van der Waals surface area (Å²) in [5, 5.41) is 13.0. The van der Waals surface area contributed by atoms with Gasteiger partial charge in [0.15, 0.2) is 0 Å². The topological polar surface area (TPSA) is 102 Å². The average Bonchev–Trinajstić information content (AvgIpc) is 2.35. The van der Waals surface area contributed by atoms with Gasteiger partial charge >= 0.3 is 17.9 Å². The number of carboxylic acids is 1. The molecule has 0 aromatic carbocycles. The van der Waals surface area contributed by atoms with Crippen molar-refractivity contribution in [3.05, 3.63) is 0 Å². The fourth-order valence-corrected chi connectivity index (χ4v) is 3.71. The molecule has 0 aliphatic carbocycles. The summed E-state index contributed by atoms with van der Waals surface area (Å²) in [6, 6.07) is 0. The second kappa shape index (κ2) is 6.86. The number of hydrogen-bond acceptors (Lipinski definition) is 6. The standard InChI is InChI=1S/C16H27NO6/c1-7-22-13(20)10-9(12(18)19)11(14(21)23-8-2)16(5,6)17-15(10,3)4/h9-11,17H,7-8H2,1-6H3,(H,18,19). The van der Waals surface area contributed by atoms with E-state index in [1.807, 2.05) is 0 Å². The lowest BCUT2D eigenvalue weighted by molar-refractivity contribution is -0.179. The van der Waals surface area contributed by atoms with Crippen LogP contribution in [0.4, 0.5) is 0 Å². The average molecular weight is 329 g/mol. The maximum Gasteiger partial charge on any atom is 0.311 e. The predicted molar refractivity (Wildman–Crippen MR) is 82.7 cm³/mol. The van der Waals surface area contributed by atoms with Crippen LogP contribution in [0.15, 0.2) is 0 Å². The molecule has 0 spiro atoms. The molecular formula is C16H27NO6. The third-order valence-electron chi connectivity index (χ3n) is 4.28. The number of hydrogen-bond donors (Lipinski definition) is 2. The zero-order chi connectivity index (χ0) is 18.0. The van der Waals surface area contributed by atoms with E-state index in [9.17, 15) is 19.5 Å². The molecule has 1 fully saturated rings. The Labute approximate surface area is 136 Å². The summed E-state index contributed by atoms with van der Waals surface area (Å²) in [6.07, 6.45) is 0. The van der Waals surface area contributed by atoms with Crippen molar-refractivity contribution >= 4 is 17.9 Å². The zero-order valence-corrected chi connectivity index (χ0v) is 14.6. The number of esters is 2. The SMILES string of the molecule is CCOC(=O)C1C(C(=O)O)C(C(=O)OCC)C(C)(C)NC1(C)C. The van der Waals surface area contributed by atoms with Crippen molar-refractivity contribution in [2.24, 2.45) is 17.8 Å². The van der Waals surface area contributed by atoms with Gasteiger partial charge in [0.05, 0.1) is 31.0 Å². The van der Waals surface area contributed by atoms with Crippen LogP contribution >= 0.6 is 0 Å². The molecule has 1 aliphatic heterocycles. The van der Waals surface area contributed by atoms with Crippen molar-refractivity contribution in [1.29, 1.82) is 0 Å². The van der Waals surface area contributed by atoms with Gasteiger partial charge in [-0.25, -0.2) is 0 Å². The highest BCUT2D eigenvalue weighted by Crippen LogP contribution is 2.43. The number of carboxylic acid groups (broad SMARTS) is 1. The molecule has 0 saturated carbocycles. The Balaban J connectivity index is 3.40. The third kappa shape index (κ3) is 3.83. The molecule has 7 nitrogen and oxygen atoms in total. The number of carbonyl (C=O) groups is 3. The fourth-order valence-electron chi connectivity index (χ4n) is 3.71. The van der Waals surface area contributed by atoms with E-state index in [0.717, 1.165) is 0 Å². The lowest BCUT2D eigenvalue weighted by atomic mass is 9.61. The van der Waals surface area contributed by atoms with Gasteiger partial charge in [-0.1, -0.05) is 0 Å². The highest BCUT2D eigenvalue weighted by Gasteiger charge is 2.60. The highest BCUT2D eigenvalue weighted by molar-refractivity contribution is 5.88. The van der Waals surface area contributed by atoms with E-state index in [4.69, 9.17) is 9.47 Å². The van der Waals surface area contributed by atoms with Crippen LogP contribution in [0.1, 0.15) is 41.5 Å². The molecule has 2 unspecified atom stereocenters. The first-order valence-electron chi connectivity index (χ1n) is 7.85. The van der Waals surface area contributed by atoms with Gasteiger partial charge in [-0.05, 0) is 41.5 Å². The first kappa shape index (κ1) is 19.4. The third-order valence-corrected chi connectivity index (χ3v) is 4.28. The van der Waals surface area contributed by atoms with Gasteiger partial charge in [0.2, 0.25) is 0 Å². The molecular weight excluding hydrogens is 302 g/mol. The Kier molecular flexibility index (Phi) is 5.79. The Morgan fingerprint density at radius 3 is 1.52 bits per heavy atom. The molecule has 0 amide bonds. The Morgan fingerprint density at radius 2 is 1.26 bits per heavy atom. The molecule has 132 valence electrons. The molecule has 1 aliphatic rings. The Morgan fingerprint density at radius 1 is 0.913 bits per heavy atom. The van der Waals surface area contributed by atoms with Crippen molar-refractivity contribution in [3.8, 4) is 0 Å². The van der Waals surface area contributed by atoms with E-state index < -0.39 is 46.7 Å². The number of piperidine rings is 1. The van der Waals surface area contributed by atoms with E-state index in [-0.39, 0.29) is 13.2 Å². The molecule has 1 rings (SSSR count). The number of rotatable bonds is 5. The summed E-state index contributed by atoms with van der Waals surface area (Å²) >= 11 is 0. The molecule has 0 aromatic heterocycles. The van der Waals surface area contributed by atoms with Crippen LogP contribution in [0.5, 0.6) is 0 Å². The van der Waals surface area contributed by atoms with Crippen LogP contribution in [0.25, 0.3) is 0 Å². The quantitative estimate of drug-likeness (QED) is 0.731. The van der Waals surface area contributed by atoms with Gasteiger partial charge in [-0.3, -0.25) is 14.4 Å². The smallest absolute Gasteiger partial charge is 0.311 e. The Bertz CT molecular complexity index is 449. The minimum atomic E-state index is -1.22. The van der Waals surface area contributed by atoms with E-state index in [2.05, 4.69) is 5.32 Å². The van der Waals surface area contributed by atoms with Crippen molar-refractivity contribution in [2.45, 2.75) is 52.6 Å². The normalized spacial score (nSPS) is 28.7. The summed E-state index contributed by atoms with van der Waals surface area (Å²) in [5.41, 5.74) is -1.69. The molecule has 1 saturated heterocycles. The van der Waals surface area contributed by atoms with E-state index in [1.54, 1.807) is 41.5 Å². The molecule has 2 N–H and O–H groups in total. The second-order valence-electron chi connectivity index (χ2n) is 6.89. The van der Waals surface area contributed by atoms with Gasteiger partial charge in [0.1, 0.15) is 0 Å². The highest BCUT2D eigenvalue weighted by atomic mass is 16.5. The summed E-state index contributed by atoms with van der Waals surface area (Å²) in [5.74, 6) is -5.67. The number of nitrogens with one attached hydrogen (secondary N) is 1. The predicted octanol–water partition coefficient (Wildman–Crippen LogP) is 1.21. The molecule has 0 aromatic rings. The zero-order valence-electron chi connectivity index (χ0n) is 14.6. The van der Waals surface area contributed by atoms with Crippen LogP contribution < -0.4 is 5.32 Å².